The number of amides is 2. The minimum absolute atomic E-state index is 0.120. The van der Waals surface area contributed by atoms with Gasteiger partial charge in [-0.25, -0.2) is 4.79 Å². The van der Waals surface area contributed by atoms with Crippen LogP contribution in [-0.2, 0) is 13.0 Å². The second kappa shape index (κ2) is 8.22. The molecule has 1 aliphatic carbocycles. The van der Waals surface area contributed by atoms with Gasteiger partial charge < -0.3 is 26.2 Å². The average molecular weight is 523 g/mol. The first-order chi connectivity index (χ1) is 16.1. The molecule has 0 bridgehead atoms. The summed E-state index contributed by atoms with van der Waals surface area (Å²) in [6.07, 6.45) is -0.110. The predicted molar refractivity (Wildman–Crippen MR) is 123 cm³/mol. The van der Waals surface area contributed by atoms with E-state index in [4.69, 9.17) is 10.5 Å². The number of urea groups is 1. The number of nitrogens with one attached hydrogen (secondary N) is 2. The molecule has 2 aliphatic rings. The Morgan fingerprint density at radius 1 is 1.23 bits per heavy atom. The highest BCUT2D eigenvalue weighted by atomic mass is 32.5. The average Bonchev–Trinajstić information content (AvgIpc) is 3.29. The molecule has 1 aliphatic heterocycles. The monoisotopic (exact) mass is 522 g/mol. The number of aliphatic hydroxyl groups excluding tert-OH is 1. The molecule has 2 aromatic carbocycles. The fourth-order valence-electron chi connectivity index (χ4n) is 4.61. The van der Waals surface area contributed by atoms with E-state index in [0.29, 0.717) is 37.6 Å². The highest BCUT2D eigenvalue weighted by Crippen LogP contribution is 3.02. The van der Waals surface area contributed by atoms with Crippen LogP contribution in [0.3, 0.4) is 0 Å². The summed E-state index contributed by atoms with van der Waals surface area (Å²) in [5.41, 5.74) is 6.59. The van der Waals surface area contributed by atoms with Crippen LogP contribution in [0.15, 0.2) is 41.3 Å². The molecule has 7 nitrogen and oxygen atoms in total. The van der Waals surface area contributed by atoms with E-state index < -0.39 is 39.0 Å². The molecule has 5 N–H and O–H groups in total. The van der Waals surface area contributed by atoms with Crippen LogP contribution in [0.4, 0.5) is 29.9 Å². The molecule has 0 radical (unpaired) electrons. The second-order valence-electron chi connectivity index (χ2n) is 8.97. The minimum atomic E-state index is -10.1. The van der Waals surface area contributed by atoms with Crippen molar-refractivity contribution in [1.29, 1.82) is 0 Å². The first-order valence-corrected chi connectivity index (χ1v) is 12.9. The maximum Gasteiger partial charge on any atom is 0.319 e. The Kier molecular flexibility index (Phi) is 5.98. The van der Waals surface area contributed by atoms with E-state index in [1.54, 1.807) is 29.2 Å². The summed E-state index contributed by atoms with van der Waals surface area (Å²) < 4.78 is 74.0. The van der Waals surface area contributed by atoms with Crippen LogP contribution in [0.1, 0.15) is 29.2 Å². The number of likely N-dealkylation sites (tertiary alicyclic amines) is 1. The summed E-state index contributed by atoms with van der Waals surface area (Å²) in [7, 11) is -8.90. The number of benzene rings is 2. The van der Waals surface area contributed by atoms with Gasteiger partial charge in [0, 0.05) is 31.2 Å². The molecular weight excluding hydrogens is 495 g/mol. The Bertz CT molecular complexity index is 1150. The van der Waals surface area contributed by atoms with Crippen molar-refractivity contribution in [2.45, 2.75) is 42.5 Å². The van der Waals surface area contributed by atoms with Crippen LogP contribution in [-0.4, -0.2) is 48.3 Å². The Hall–Kier alpha value is -2.61. The number of nitrogens with two attached hydrogens (primary N) is 1. The molecule has 1 saturated heterocycles. The second-order valence-corrected chi connectivity index (χ2v) is 11.4. The summed E-state index contributed by atoms with van der Waals surface area (Å²) in [5, 5.41) is 15.2. The van der Waals surface area contributed by atoms with E-state index in [1.165, 1.54) is 7.11 Å². The molecule has 3 atom stereocenters. The number of anilines is 1. The molecule has 4 rings (SSSR count). The molecule has 35 heavy (non-hydrogen) atoms. The van der Waals surface area contributed by atoms with Gasteiger partial charge in [0.1, 0.15) is 10.6 Å². The molecule has 0 spiro atoms. The fourth-order valence-corrected chi connectivity index (χ4v) is 5.32. The van der Waals surface area contributed by atoms with Crippen LogP contribution in [0.5, 0.6) is 5.75 Å². The number of hydrogen-bond donors (Lipinski definition) is 4. The number of halogens is 5. The molecule has 1 fully saturated rings. The largest absolute Gasteiger partial charge is 0.494 e. The number of aliphatic hydroxyl groups is 1. The third-order valence-corrected chi connectivity index (χ3v) is 7.38. The molecular formula is C22H27F5N4O3S. The lowest BCUT2D eigenvalue weighted by Gasteiger charge is -2.41. The van der Waals surface area contributed by atoms with Crippen LogP contribution >= 0.6 is 10.2 Å². The van der Waals surface area contributed by atoms with Crippen LogP contribution < -0.4 is 21.1 Å². The van der Waals surface area contributed by atoms with E-state index in [-0.39, 0.29) is 30.0 Å². The third kappa shape index (κ3) is 5.63. The van der Waals surface area contributed by atoms with Gasteiger partial charge in [-0.3, -0.25) is 4.90 Å². The van der Waals surface area contributed by atoms with Crippen LogP contribution in [0.25, 0.3) is 0 Å². The summed E-state index contributed by atoms with van der Waals surface area (Å²) in [6.45, 7) is 0.743. The summed E-state index contributed by atoms with van der Waals surface area (Å²) in [4.78, 5) is 12.3. The molecule has 13 heteroatoms. The summed E-state index contributed by atoms with van der Waals surface area (Å²) >= 11 is 0. The number of nitrogens with zero attached hydrogens (tertiary/aromatic N) is 1. The summed E-state index contributed by atoms with van der Waals surface area (Å²) in [6, 6.07) is 5.66. The highest BCUT2D eigenvalue weighted by Gasteiger charge is 2.65. The zero-order chi connectivity index (χ0) is 25.7. The van der Waals surface area contributed by atoms with Crippen LogP contribution in [0.2, 0.25) is 0 Å². The van der Waals surface area contributed by atoms with E-state index in [9.17, 15) is 29.3 Å². The van der Waals surface area contributed by atoms with Gasteiger partial charge in [-0.2, -0.15) is 0 Å². The van der Waals surface area contributed by atoms with E-state index >= 15 is 0 Å². The van der Waals surface area contributed by atoms with Gasteiger partial charge >= 0.3 is 16.3 Å². The van der Waals surface area contributed by atoms with Gasteiger partial charge in [-0.1, -0.05) is 43.7 Å². The number of ether oxygens (including phenoxy) is 1. The standard InChI is InChI=1S/C22H27F5N4O3S/c1-34-21-14(11-31-7-6-15(28)12-31)8-16(35(23,24,25,26)27)10-19(21)30-22(33)29-18-9-13-4-2-3-5-17(13)20(18)32/h2-5,8,10,15,18,20,32H,6-7,9,11-12,28H2,1H3,(H2,29,30,33). The van der Waals surface area contributed by atoms with Crippen molar-refractivity contribution in [3.63, 3.8) is 0 Å². The van der Waals surface area contributed by atoms with Gasteiger partial charge in [0.25, 0.3) is 0 Å². The van der Waals surface area contributed by atoms with Crippen molar-refractivity contribution in [2.75, 3.05) is 25.5 Å². The van der Waals surface area contributed by atoms with Crippen molar-refractivity contribution in [2.24, 2.45) is 5.73 Å². The predicted octanol–water partition coefficient (Wildman–Crippen LogP) is 4.67. The molecule has 1 heterocycles. The molecule has 2 amide bonds. The summed E-state index contributed by atoms with van der Waals surface area (Å²) in [5.74, 6) is -0.165. The van der Waals surface area contributed by atoms with Crippen molar-refractivity contribution in [1.82, 2.24) is 10.2 Å². The Labute approximate surface area is 199 Å². The lowest BCUT2D eigenvalue weighted by atomic mass is 10.1. The van der Waals surface area contributed by atoms with Gasteiger partial charge in [0.05, 0.1) is 24.9 Å². The van der Waals surface area contributed by atoms with E-state index in [2.05, 4.69) is 10.6 Å². The number of carbonyl (C=O) groups is 1. The molecule has 0 saturated carbocycles. The van der Waals surface area contributed by atoms with E-state index in [1.807, 2.05) is 0 Å². The van der Waals surface area contributed by atoms with Gasteiger partial charge in [-0.15, -0.1) is 0 Å². The number of carbonyl (C=O) groups excluding carboxylic acids is 1. The lowest BCUT2D eigenvalue weighted by Crippen LogP contribution is -2.40. The normalized spacial score (nSPS) is 24.4. The first kappa shape index (κ1) is 25.5. The van der Waals surface area contributed by atoms with E-state index in [0.717, 1.165) is 5.56 Å². The van der Waals surface area contributed by atoms with Gasteiger partial charge in [0.2, 0.25) is 0 Å². The number of hydrogen-bond acceptors (Lipinski definition) is 5. The Morgan fingerprint density at radius 3 is 2.54 bits per heavy atom. The fraction of sp³-hybridized carbons (Fsp3) is 0.409. The first-order valence-electron chi connectivity index (χ1n) is 10.9. The van der Waals surface area contributed by atoms with Crippen molar-refractivity contribution in [3.8, 4) is 5.75 Å². The lowest BCUT2D eigenvalue weighted by molar-refractivity contribution is 0.145. The minimum Gasteiger partial charge on any atom is -0.494 e. The zero-order valence-corrected chi connectivity index (χ0v) is 19.6. The van der Waals surface area contributed by atoms with Gasteiger partial charge in [-0.05, 0) is 36.1 Å². The third-order valence-electron chi connectivity index (χ3n) is 6.25. The Balaban J connectivity index is 1.63. The van der Waals surface area contributed by atoms with Crippen molar-refractivity contribution >= 4 is 21.9 Å². The topological polar surface area (TPSA) is 99.9 Å². The smallest absolute Gasteiger partial charge is 0.319 e. The van der Waals surface area contributed by atoms with Crippen molar-refractivity contribution in [3.05, 3.63) is 53.1 Å². The molecule has 2 aromatic rings. The number of rotatable bonds is 6. The van der Waals surface area contributed by atoms with Crippen LogP contribution in [0, 0.1) is 0 Å². The SMILES string of the molecule is COc1c(CN2CCC(N)C2)cc(S(F)(F)(F)(F)F)cc1NC(=O)NC1Cc2ccccc2C1O. The Morgan fingerprint density at radius 2 is 1.94 bits per heavy atom. The number of methoxy groups -OCH3 is 1. The molecule has 194 valence electrons. The molecule has 0 aromatic heterocycles. The maximum atomic E-state index is 13.8. The van der Waals surface area contributed by atoms with Crippen molar-refractivity contribution < 1.29 is 34.1 Å². The highest BCUT2D eigenvalue weighted by molar-refractivity contribution is 8.45. The molecule has 3 unspecified atom stereocenters. The van der Waals surface area contributed by atoms with Gasteiger partial charge in [0.15, 0.2) is 0 Å². The number of fused-ring (bicyclic) bond motifs is 1. The quantitative estimate of drug-likeness (QED) is 0.414. The maximum absolute atomic E-state index is 13.8. The zero-order valence-electron chi connectivity index (χ0n) is 18.8.